The molecule has 1 aliphatic heterocycles. The second-order valence-corrected chi connectivity index (χ2v) is 5.28. The summed E-state index contributed by atoms with van der Waals surface area (Å²) < 4.78 is 19.8. The van der Waals surface area contributed by atoms with E-state index in [1.165, 1.54) is 0 Å². The van der Waals surface area contributed by atoms with Crippen LogP contribution in [0.1, 0.15) is 13.3 Å². The van der Waals surface area contributed by atoms with Crippen molar-refractivity contribution in [3.63, 3.8) is 0 Å². The SMILES string of the molecule is CCC1Nc2ccc(S(=O)O)cc2S1. The minimum Gasteiger partial charge on any atom is -0.372 e. The lowest BCUT2D eigenvalue weighted by Crippen LogP contribution is -2.06. The average Bonchev–Trinajstić information content (AvgIpc) is 2.58. The van der Waals surface area contributed by atoms with Gasteiger partial charge in [0.05, 0.1) is 10.3 Å². The fourth-order valence-electron chi connectivity index (χ4n) is 1.37. The summed E-state index contributed by atoms with van der Waals surface area (Å²) in [6, 6.07) is 5.32. The van der Waals surface area contributed by atoms with Crippen molar-refractivity contribution in [2.75, 3.05) is 5.32 Å². The molecule has 2 atom stereocenters. The molecule has 3 nitrogen and oxygen atoms in total. The van der Waals surface area contributed by atoms with Crippen LogP contribution in [-0.4, -0.2) is 14.1 Å². The first-order valence-electron chi connectivity index (χ1n) is 4.39. The lowest BCUT2D eigenvalue weighted by Gasteiger charge is -2.04. The number of benzene rings is 1. The van der Waals surface area contributed by atoms with Crippen molar-refractivity contribution in [1.82, 2.24) is 0 Å². The molecule has 0 aliphatic carbocycles. The van der Waals surface area contributed by atoms with Crippen molar-refractivity contribution in [3.05, 3.63) is 18.2 Å². The van der Waals surface area contributed by atoms with E-state index in [4.69, 9.17) is 4.55 Å². The van der Waals surface area contributed by atoms with E-state index in [9.17, 15) is 4.21 Å². The summed E-state index contributed by atoms with van der Waals surface area (Å²) in [5.74, 6) is 0. The molecule has 76 valence electrons. The zero-order valence-corrected chi connectivity index (χ0v) is 9.32. The topological polar surface area (TPSA) is 49.3 Å². The van der Waals surface area contributed by atoms with E-state index in [0.717, 1.165) is 17.0 Å². The van der Waals surface area contributed by atoms with Gasteiger partial charge in [0, 0.05) is 10.6 Å². The minimum absolute atomic E-state index is 0.396. The van der Waals surface area contributed by atoms with Gasteiger partial charge in [-0.2, -0.15) is 0 Å². The van der Waals surface area contributed by atoms with Crippen LogP contribution >= 0.6 is 11.8 Å². The Kier molecular flexibility index (Phi) is 2.80. The second-order valence-electron chi connectivity index (χ2n) is 3.07. The van der Waals surface area contributed by atoms with Gasteiger partial charge < -0.3 is 9.87 Å². The molecule has 2 rings (SSSR count). The predicted molar refractivity (Wildman–Crippen MR) is 59.0 cm³/mol. The van der Waals surface area contributed by atoms with Crippen LogP contribution < -0.4 is 5.32 Å². The van der Waals surface area contributed by atoms with E-state index in [1.807, 2.05) is 6.07 Å². The highest BCUT2D eigenvalue weighted by Gasteiger charge is 2.20. The molecule has 0 aromatic heterocycles. The number of fused-ring (bicyclic) bond motifs is 1. The van der Waals surface area contributed by atoms with Crippen LogP contribution in [0.5, 0.6) is 0 Å². The molecule has 14 heavy (non-hydrogen) atoms. The number of anilines is 1. The molecule has 0 radical (unpaired) electrons. The largest absolute Gasteiger partial charge is 0.372 e. The van der Waals surface area contributed by atoms with Crippen molar-refractivity contribution < 1.29 is 8.76 Å². The Hall–Kier alpha value is -0.520. The molecule has 1 aliphatic rings. The summed E-state index contributed by atoms with van der Waals surface area (Å²) in [6.07, 6.45) is 1.04. The van der Waals surface area contributed by atoms with E-state index in [-0.39, 0.29) is 0 Å². The molecule has 1 aromatic rings. The monoisotopic (exact) mass is 229 g/mol. The molecule has 0 saturated heterocycles. The van der Waals surface area contributed by atoms with E-state index >= 15 is 0 Å². The molecule has 2 unspecified atom stereocenters. The Balaban J connectivity index is 2.31. The second kappa shape index (κ2) is 3.92. The van der Waals surface area contributed by atoms with Gasteiger partial charge in [0.15, 0.2) is 11.1 Å². The third-order valence-corrected chi connectivity index (χ3v) is 4.10. The van der Waals surface area contributed by atoms with E-state index in [2.05, 4.69) is 12.2 Å². The molecule has 0 fully saturated rings. The smallest absolute Gasteiger partial charge is 0.186 e. The first-order valence-corrected chi connectivity index (χ1v) is 6.37. The van der Waals surface area contributed by atoms with E-state index in [0.29, 0.717) is 10.3 Å². The van der Waals surface area contributed by atoms with Crippen LogP contribution in [-0.2, 0) is 11.1 Å². The maximum atomic E-state index is 10.8. The van der Waals surface area contributed by atoms with Crippen molar-refractivity contribution in [3.8, 4) is 0 Å². The van der Waals surface area contributed by atoms with Crippen LogP contribution in [0.4, 0.5) is 5.69 Å². The Morgan fingerprint density at radius 3 is 3.07 bits per heavy atom. The zero-order valence-electron chi connectivity index (χ0n) is 7.69. The Bertz CT molecular complexity index is 381. The van der Waals surface area contributed by atoms with Gasteiger partial charge in [-0.25, -0.2) is 4.21 Å². The number of rotatable bonds is 2. The molecule has 1 aromatic carbocycles. The highest BCUT2D eigenvalue weighted by molar-refractivity contribution is 8.00. The molecule has 0 saturated carbocycles. The van der Waals surface area contributed by atoms with Gasteiger partial charge >= 0.3 is 0 Å². The summed E-state index contributed by atoms with van der Waals surface area (Å²) in [7, 11) is 0. The number of hydrogen-bond acceptors (Lipinski definition) is 3. The minimum atomic E-state index is -1.88. The summed E-state index contributed by atoms with van der Waals surface area (Å²) >= 11 is -0.165. The highest BCUT2D eigenvalue weighted by Crippen LogP contribution is 2.40. The van der Waals surface area contributed by atoms with Gasteiger partial charge in [-0.15, -0.1) is 0 Å². The van der Waals surface area contributed by atoms with Crippen LogP contribution in [0.15, 0.2) is 28.0 Å². The van der Waals surface area contributed by atoms with Crippen molar-refractivity contribution in [2.24, 2.45) is 0 Å². The fourth-order valence-corrected chi connectivity index (χ4v) is 2.96. The summed E-state index contributed by atoms with van der Waals surface area (Å²) in [6.45, 7) is 2.11. The normalized spacial score (nSPS) is 21.4. The first-order chi connectivity index (χ1) is 6.70. The average molecular weight is 229 g/mol. The van der Waals surface area contributed by atoms with Crippen LogP contribution in [0.2, 0.25) is 0 Å². The number of thioether (sulfide) groups is 1. The highest BCUT2D eigenvalue weighted by atomic mass is 32.2. The molecule has 2 N–H and O–H groups in total. The maximum absolute atomic E-state index is 10.8. The maximum Gasteiger partial charge on any atom is 0.186 e. The summed E-state index contributed by atoms with van der Waals surface area (Å²) in [5, 5.41) is 3.73. The molecule has 1 heterocycles. The summed E-state index contributed by atoms with van der Waals surface area (Å²) in [4.78, 5) is 1.53. The standard InChI is InChI=1S/C9H11NO2S2/c1-2-9-10-7-4-3-6(14(11)12)5-8(7)13-9/h3-5,9-10H,2H2,1H3,(H,11,12). The lowest BCUT2D eigenvalue weighted by atomic mass is 10.3. The van der Waals surface area contributed by atoms with Crippen LogP contribution in [0, 0.1) is 0 Å². The van der Waals surface area contributed by atoms with Crippen molar-refractivity contribution in [1.29, 1.82) is 0 Å². The van der Waals surface area contributed by atoms with Crippen LogP contribution in [0.25, 0.3) is 0 Å². The molecular weight excluding hydrogens is 218 g/mol. The van der Waals surface area contributed by atoms with Crippen LogP contribution in [0.3, 0.4) is 0 Å². The van der Waals surface area contributed by atoms with Gasteiger partial charge in [0.25, 0.3) is 0 Å². The van der Waals surface area contributed by atoms with Crippen molar-refractivity contribution in [2.45, 2.75) is 28.5 Å². The number of nitrogens with one attached hydrogen (secondary N) is 1. The summed E-state index contributed by atoms with van der Waals surface area (Å²) in [5.41, 5.74) is 1.07. The lowest BCUT2D eigenvalue weighted by molar-refractivity contribution is 0.564. The Morgan fingerprint density at radius 2 is 2.43 bits per heavy atom. The Morgan fingerprint density at radius 1 is 1.64 bits per heavy atom. The third kappa shape index (κ3) is 1.80. The van der Waals surface area contributed by atoms with Crippen molar-refractivity contribution >= 4 is 28.5 Å². The van der Waals surface area contributed by atoms with Gasteiger partial charge in [-0.05, 0) is 24.6 Å². The van der Waals surface area contributed by atoms with Gasteiger partial charge in [0.2, 0.25) is 0 Å². The molecular formula is C9H11NO2S2. The third-order valence-electron chi connectivity index (χ3n) is 2.11. The van der Waals surface area contributed by atoms with Gasteiger partial charge in [-0.3, -0.25) is 0 Å². The van der Waals surface area contributed by atoms with Gasteiger partial charge in [-0.1, -0.05) is 18.7 Å². The molecule has 0 amide bonds. The molecule has 0 spiro atoms. The predicted octanol–water partition coefficient (Wildman–Crippen LogP) is 2.52. The first kappa shape index (κ1) is 10.0. The number of hydrogen-bond donors (Lipinski definition) is 2. The van der Waals surface area contributed by atoms with E-state index < -0.39 is 11.1 Å². The molecule has 5 heteroatoms. The van der Waals surface area contributed by atoms with Gasteiger partial charge in [0.1, 0.15) is 0 Å². The zero-order chi connectivity index (χ0) is 10.1. The van der Waals surface area contributed by atoms with E-state index in [1.54, 1.807) is 23.9 Å². The quantitative estimate of drug-likeness (QED) is 0.765. The fraction of sp³-hybridized carbons (Fsp3) is 0.333. The Labute approximate surface area is 89.6 Å². The molecule has 0 bridgehead atoms.